The van der Waals surface area contributed by atoms with Crippen LogP contribution in [0, 0.1) is 0 Å². The van der Waals surface area contributed by atoms with Crippen molar-refractivity contribution >= 4 is 57.1 Å². The van der Waals surface area contributed by atoms with E-state index >= 15 is 0 Å². The number of hydrogen-bond donors (Lipinski definition) is 1. The van der Waals surface area contributed by atoms with Crippen LogP contribution in [0.25, 0.3) is 22.1 Å². The number of aromatic nitrogens is 5. The van der Waals surface area contributed by atoms with Gasteiger partial charge in [0.15, 0.2) is 16.4 Å². The van der Waals surface area contributed by atoms with E-state index in [0.717, 1.165) is 0 Å². The zero-order chi connectivity index (χ0) is 21.8. The topological polar surface area (TPSA) is 89.6 Å². The Hall–Kier alpha value is -2.17. The largest absolute Gasteiger partial charge is 0.438 e. The van der Waals surface area contributed by atoms with E-state index in [-0.39, 0.29) is 37.3 Å². The van der Waals surface area contributed by atoms with E-state index in [0.29, 0.717) is 49.0 Å². The number of aromatic amines is 1. The van der Waals surface area contributed by atoms with Gasteiger partial charge in [0, 0.05) is 17.9 Å². The summed E-state index contributed by atoms with van der Waals surface area (Å²) in [6.07, 6.45) is 1.59. The van der Waals surface area contributed by atoms with E-state index < -0.39 is 5.92 Å². The summed E-state index contributed by atoms with van der Waals surface area (Å²) in [5.74, 6) is -1.95. The molecule has 3 aromatic heterocycles. The van der Waals surface area contributed by atoms with Crippen LogP contribution in [-0.4, -0.2) is 30.7 Å². The van der Waals surface area contributed by atoms with Crippen molar-refractivity contribution in [3.63, 3.8) is 0 Å². The minimum atomic E-state index is -2.64. The second-order valence-electron chi connectivity index (χ2n) is 7.42. The van der Waals surface area contributed by atoms with Crippen molar-refractivity contribution in [3.05, 3.63) is 44.6 Å². The molecule has 1 saturated carbocycles. The number of nitrogens with one attached hydrogen (secondary N) is 1. The van der Waals surface area contributed by atoms with Crippen LogP contribution in [0.1, 0.15) is 37.6 Å². The fourth-order valence-electron chi connectivity index (χ4n) is 3.72. The summed E-state index contributed by atoms with van der Waals surface area (Å²) >= 11 is 13.4. The molecule has 0 bridgehead atoms. The Morgan fingerprint density at radius 2 is 2.03 bits per heavy atom. The van der Waals surface area contributed by atoms with Gasteiger partial charge in [-0.1, -0.05) is 35.0 Å². The SMILES string of the molecule is O=c1[nH]c(SCc2nc3cc(Cl)cc(Cl)c3o2)nc2c1cnn2C1CCC(F)(F)CC1. The normalized spacial score (nSPS) is 17.0. The molecule has 1 N–H and O–H groups in total. The lowest BCUT2D eigenvalue weighted by atomic mass is 9.92. The Labute approximate surface area is 188 Å². The highest BCUT2D eigenvalue weighted by Crippen LogP contribution is 2.39. The zero-order valence-corrected chi connectivity index (χ0v) is 18.2. The predicted molar refractivity (Wildman–Crippen MR) is 114 cm³/mol. The first-order valence-corrected chi connectivity index (χ1v) is 11.3. The highest BCUT2D eigenvalue weighted by Gasteiger charge is 2.36. The maximum absolute atomic E-state index is 13.5. The lowest BCUT2D eigenvalue weighted by molar-refractivity contribution is -0.0446. The molecule has 0 spiro atoms. The van der Waals surface area contributed by atoms with E-state index in [9.17, 15) is 13.6 Å². The number of thioether (sulfide) groups is 1. The molecule has 1 aromatic carbocycles. The second kappa shape index (κ2) is 7.75. The third kappa shape index (κ3) is 4.04. The predicted octanol–water partition coefficient (Wildman–Crippen LogP) is 5.61. The smallest absolute Gasteiger partial charge is 0.262 e. The van der Waals surface area contributed by atoms with Crippen LogP contribution in [0.5, 0.6) is 0 Å². The molecule has 1 aliphatic carbocycles. The molecule has 5 rings (SSSR count). The lowest BCUT2D eigenvalue weighted by Gasteiger charge is -2.28. The van der Waals surface area contributed by atoms with Crippen molar-refractivity contribution in [1.82, 2.24) is 24.7 Å². The molecular weight excluding hydrogens is 471 g/mol. The van der Waals surface area contributed by atoms with Gasteiger partial charge in [0.1, 0.15) is 10.9 Å². The van der Waals surface area contributed by atoms with Crippen molar-refractivity contribution < 1.29 is 13.2 Å². The number of alkyl halides is 2. The Morgan fingerprint density at radius 1 is 1.26 bits per heavy atom. The van der Waals surface area contributed by atoms with Crippen LogP contribution in [0.4, 0.5) is 8.78 Å². The molecule has 4 aromatic rings. The van der Waals surface area contributed by atoms with Crippen molar-refractivity contribution in [2.24, 2.45) is 0 Å². The molecule has 3 heterocycles. The van der Waals surface area contributed by atoms with Crippen LogP contribution >= 0.6 is 35.0 Å². The summed E-state index contributed by atoms with van der Waals surface area (Å²) in [6.45, 7) is 0. The fourth-order valence-corrected chi connectivity index (χ4v) is 4.94. The standard InChI is InChI=1S/C19H15Cl2F2N5O2S/c20-9-5-12(21)15-13(6-9)25-14(30-15)8-31-18-26-16-11(17(29)27-18)7-24-28(16)10-1-3-19(22,23)4-2-10/h5-7,10H,1-4,8H2,(H,26,27,29). The first-order chi connectivity index (χ1) is 14.8. The summed E-state index contributed by atoms with van der Waals surface area (Å²) in [4.78, 5) is 24.1. The number of benzene rings is 1. The third-order valence-electron chi connectivity index (χ3n) is 5.26. The molecule has 7 nitrogen and oxygen atoms in total. The van der Waals surface area contributed by atoms with Crippen LogP contribution < -0.4 is 5.56 Å². The van der Waals surface area contributed by atoms with Crippen LogP contribution in [-0.2, 0) is 5.75 Å². The first kappa shape index (κ1) is 20.7. The fraction of sp³-hybridized carbons (Fsp3) is 0.368. The maximum atomic E-state index is 13.5. The molecule has 0 aliphatic heterocycles. The molecule has 1 aliphatic rings. The van der Waals surface area contributed by atoms with Crippen LogP contribution in [0.3, 0.4) is 0 Å². The highest BCUT2D eigenvalue weighted by atomic mass is 35.5. The van der Waals surface area contributed by atoms with Crippen LogP contribution in [0.15, 0.2) is 32.7 Å². The van der Waals surface area contributed by atoms with E-state index in [4.69, 9.17) is 27.6 Å². The average Bonchev–Trinajstić information content (AvgIpc) is 3.31. The minimum Gasteiger partial charge on any atom is -0.438 e. The van der Waals surface area contributed by atoms with Gasteiger partial charge < -0.3 is 9.40 Å². The van der Waals surface area contributed by atoms with E-state index in [1.165, 1.54) is 18.0 Å². The highest BCUT2D eigenvalue weighted by molar-refractivity contribution is 7.98. The maximum Gasteiger partial charge on any atom is 0.262 e. The zero-order valence-electron chi connectivity index (χ0n) is 15.9. The Morgan fingerprint density at radius 3 is 2.81 bits per heavy atom. The number of hydrogen-bond acceptors (Lipinski definition) is 6. The van der Waals surface area contributed by atoms with E-state index in [2.05, 4.69) is 20.1 Å². The van der Waals surface area contributed by atoms with Gasteiger partial charge in [-0.25, -0.2) is 23.4 Å². The Bertz CT molecular complexity index is 1340. The van der Waals surface area contributed by atoms with Crippen molar-refractivity contribution in [2.45, 2.75) is 48.6 Å². The first-order valence-electron chi connectivity index (χ1n) is 9.52. The van der Waals surface area contributed by atoms with Crippen molar-refractivity contribution in [2.75, 3.05) is 0 Å². The number of oxazole rings is 1. The molecule has 12 heteroatoms. The van der Waals surface area contributed by atoms with Gasteiger partial charge in [-0.3, -0.25) is 4.79 Å². The second-order valence-corrected chi connectivity index (χ2v) is 9.22. The van der Waals surface area contributed by atoms with Gasteiger partial charge >= 0.3 is 0 Å². The molecule has 1 fully saturated rings. The molecule has 0 atom stereocenters. The van der Waals surface area contributed by atoms with Gasteiger partial charge in [-0.05, 0) is 25.0 Å². The van der Waals surface area contributed by atoms with Gasteiger partial charge in [0.05, 0.1) is 23.0 Å². The summed E-state index contributed by atoms with van der Waals surface area (Å²) < 4.78 is 34.3. The molecular formula is C19H15Cl2F2N5O2S. The van der Waals surface area contributed by atoms with Crippen molar-refractivity contribution in [3.8, 4) is 0 Å². The minimum absolute atomic E-state index is 0.200. The summed E-state index contributed by atoms with van der Waals surface area (Å²) in [5, 5.41) is 5.75. The number of halogens is 4. The summed E-state index contributed by atoms with van der Waals surface area (Å²) in [7, 11) is 0. The van der Waals surface area contributed by atoms with Gasteiger partial charge in [-0.2, -0.15) is 5.10 Å². The van der Waals surface area contributed by atoms with Gasteiger partial charge in [-0.15, -0.1) is 0 Å². The number of H-pyrrole nitrogens is 1. The molecule has 0 unspecified atom stereocenters. The molecule has 162 valence electrons. The monoisotopic (exact) mass is 485 g/mol. The van der Waals surface area contributed by atoms with Crippen molar-refractivity contribution in [1.29, 1.82) is 0 Å². The number of fused-ring (bicyclic) bond motifs is 2. The molecule has 31 heavy (non-hydrogen) atoms. The third-order valence-corrected chi connectivity index (χ3v) is 6.62. The molecule has 0 amide bonds. The quantitative estimate of drug-likeness (QED) is 0.298. The summed E-state index contributed by atoms with van der Waals surface area (Å²) in [5.41, 5.74) is 1.02. The number of nitrogens with zero attached hydrogens (tertiary/aromatic N) is 4. The van der Waals surface area contributed by atoms with Gasteiger partial charge in [0.25, 0.3) is 5.56 Å². The summed E-state index contributed by atoms with van der Waals surface area (Å²) in [6, 6.07) is 3.01. The Balaban J connectivity index is 1.40. The van der Waals surface area contributed by atoms with Crippen LogP contribution in [0.2, 0.25) is 10.0 Å². The Kier molecular flexibility index (Phi) is 5.18. The van der Waals surface area contributed by atoms with Gasteiger partial charge in [0.2, 0.25) is 11.8 Å². The molecule has 0 radical (unpaired) electrons. The average molecular weight is 486 g/mol. The van der Waals surface area contributed by atoms with E-state index in [1.54, 1.807) is 16.8 Å². The van der Waals surface area contributed by atoms with E-state index in [1.807, 2.05) is 0 Å². The number of rotatable bonds is 4. The molecule has 0 saturated heterocycles. The lowest BCUT2D eigenvalue weighted by Crippen LogP contribution is -2.27.